The van der Waals surface area contributed by atoms with E-state index in [-0.39, 0.29) is 58.1 Å². The molecule has 0 bridgehead atoms. The van der Waals surface area contributed by atoms with Crippen molar-refractivity contribution in [1.29, 1.82) is 0 Å². The zero-order valence-corrected chi connectivity index (χ0v) is 21.9. The number of ether oxygens (including phenoxy) is 2. The number of hydrogen-bond donors (Lipinski definition) is 3. The van der Waals surface area contributed by atoms with Gasteiger partial charge in [-0.2, -0.15) is 27.0 Å². The Kier molecular flexibility index (Phi) is 13.8. The van der Waals surface area contributed by atoms with Crippen molar-refractivity contribution < 1.29 is 24.8 Å². The quantitative estimate of drug-likeness (QED) is 0.292. The standard InChI is InChI=1S/C21H26ClIO5.2H2S/c1-21(2,14-3-6-18(7-4-14)27-13-17(26)11-24)15-5-8-20(19(23)9-15)28-12-16(25)10-22;;/h3-9,16-17,24-26H,10-13H2,1-2H3;2*1H2/t16-,17+;;/m1../s1. The highest BCUT2D eigenvalue weighted by Gasteiger charge is 2.24. The van der Waals surface area contributed by atoms with Crippen LogP contribution < -0.4 is 9.47 Å². The third-order valence-corrected chi connectivity index (χ3v) is 5.69. The van der Waals surface area contributed by atoms with Gasteiger partial charge in [0.05, 0.1) is 16.1 Å². The minimum atomic E-state index is -0.885. The molecule has 30 heavy (non-hydrogen) atoms. The van der Waals surface area contributed by atoms with E-state index in [1.54, 1.807) is 0 Å². The number of rotatable bonds is 10. The number of aliphatic hydroxyl groups excluding tert-OH is 3. The topological polar surface area (TPSA) is 79.2 Å². The molecule has 0 aliphatic heterocycles. The molecule has 0 amide bonds. The van der Waals surface area contributed by atoms with Crippen molar-refractivity contribution in [2.75, 3.05) is 25.7 Å². The highest BCUT2D eigenvalue weighted by Crippen LogP contribution is 2.35. The Balaban J connectivity index is 0.00000420. The monoisotopic (exact) mass is 588 g/mol. The van der Waals surface area contributed by atoms with Crippen molar-refractivity contribution in [1.82, 2.24) is 0 Å². The Hall–Kier alpha value is -0.360. The van der Waals surface area contributed by atoms with Gasteiger partial charge in [-0.05, 0) is 58.0 Å². The van der Waals surface area contributed by atoms with Gasteiger partial charge in [0.2, 0.25) is 0 Å². The van der Waals surface area contributed by atoms with Gasteiger partial charge in [0.15, 0.2) is 0 Å². The zero-order chi connectivity index (χ0) is 20.7. The second-order valence-electron chi connectivity index (χ2n) is 7.06. The lowest BCUT2D eigenvalue weighted by Crippen LogP contribution is -2.22. The average molecular weight is 589 g/mol. The van der Waals surface area contributed by atoms with Crippen molar-refractivity contribution in [3.05, 3.63) is 57.2 Å². The van der Waals surface area contributed by atoms with E-state index in [1.165, 1.54) is 0 Å². The molecule has 0 aliphatic carbocycles. The average Bonchev–Trinajstić information content (AvgIpc) is 2.70. The molecule has 0 saturated heterocycles. The normalized spacial score (nSPS) is 12.9. The molecule has 5 nitrogen and oxygen atoms in total. The number of alkyl halides is 1. The molecule has 9 heteroatoms. The van der Waals surface area contributed by atoms with Crippen molar-refractivity contribution in [2.24, 2.45) is 0 Å². The predicted octanol–water partition coefficient (Wildman–Crippen LogP) is 3.55. The van der Waals surface area contributed by atoms with Gasteiger partial charge in [-0.3, -0.25) is 0 Å². The van der Waals surface area contributed by atoms with Crippen LogP contribution in [-0.2, 0) is 5.41 Å². The van der Waals surface area contributed by atoms with Gasteiger partial charge in [-0.25, -0.2) is 0 Å². The highest BCUT2D eigenvalue weighted by atomic mass is 127. The first-order valence-corrected chi connectivity index (χ1v) is 10.6. The van der Waals surface area contributed by atoms with Crippen molar-refractivity contribution in [2.45, 2.75) is 31.5 Å². The summed E-state index contributed by atoms with van der Waals surface area (Å²) in [4.78, 5) is 0. The van der Waals surface area contributed by atoms with Crippen LogP contribution in [0.2, 0.25) is 0 Å². The van der Waals surface area contributed by atoms with Gasteiger partial charge in [-0.1, -0.05) is 32.0 Å². The zero-order valence-electron chi connectivity index (χ0n) is 16.9. The van der Waals surface area contributed by atoms with Crippen LogP contribution in [0.25, 0.3) is 0 Å². The van der Waals surface area contributed by atoms with Crippen LogP contribution in [0, 0.1) is 3.57 Å². The van der Waals surface area contributed by atoms with Gasteiger partial charge in [0.1, 0.15) is 36.9 Å². The molecule has 2 atom stereocenters. The molecular formula is C21H30ClIO5S2. The third kappa shape index (κ3) is 8.29. The largest absolute Gasteiger partial charge is 0.491 e. The maximum atomic E-state index is 9.55. The van der Waals surface area contributed by atoms with E-state index in [0.717, 1.165) is 20.4 Å². The second-order valence-corrected chi connectivity index (χ2v) is 8.53. The lowest BCUT2D eigenvalue weighted by molar-refractivity contribution is 0.0536. The molecular weight excluding hydrogens is 559 g/mol. The van der Waals surface area contributed by atoms with E-state index in [2.05, 4.69) is 42.5 Å². The van der Waals surface area contributed by atoms with Crippen LogP contribution in [0.3, 0.4) is 0 Å². The molecule has 0 aromatic heterocycles. The van der Waals surface area contributed by atoms with Gasteiger partial charge >= 0.3 is 0 Å². The Labute approximate surface area is 210 Å². The van der Waals surface area contributed by atoms with E-state index < -0.39 is 12.2 Å². The first-order valence-electron chi connectivity index (χ1n) is 8.97. The van der Waals surface area contributed by atoms with Gasteiger partial charge < -0.3 is 24.8 Å². The summed E-state index contributed by atoms with van der Waals surface area (Å²) in [6, 6.07) is 13.7. The third-order valence-electron chi connectivity index (χ3n) is 4.49. The van der Waals surface area contributed by atoms with Gasteiger partial charge in [0.25, 0.3) is 0 Å². The summed E-state index contributed by atoms with van der Waals surface area (Å²) in [6.45, 7) is 4.17. The van der Waals surface area contributed by atoms with E-state index in [0.29, 0.717) is 5.75 Å². The summed E-state index contributed by atoms with van der Waals surface area (Å²) in [5.41, 5.74) is 2.01. The number of aliphatic hydroxyl groups is 3. The van der Waals surface area contributed by atoms with Crippen LogP contribution >= 0.6 is 61.2 Å². The van der Waals surface area contributed by atoms with Crippen molar-refractivity contribution >= 4 is 61.2 Å². The molecule has 2 aromatic rings. The molecule has 170 valence electrons. The molecule has 0 spiro atoms. The van der Waals surface area contributed by atoms with Crippen LogP contribution in [0.1, 0.15) is 25.0 Å². The fourth-order valence-corrected chi connectivity index (χ4v) is 3.38. The van der Waals surface area contributed by atoms with Crippen LogP contribution in [0.5, 0.6) is 11.5 Å². The lowest BCUT2D eigenvalue weighted by Gasteiger charge is -2.27. The Morgan fingerprint density at radius 1 is 0.933 bits per heavy atom. The Morgan fingerprint density at radius 3 is 2.03 bits per heavy atom. The summed E-state index contributed by atoms with van der Waals surface area (Å²) < 4.78 is 12.1. The lowest BCUT2D eigenvalue weighted by atomic mass is 9.78. The molecule has 0 fully saturated rings. The van der Waals surface area contributed by atoms with Crippen LogP contribution in [0.15, 0.2) is 42.5 Å². The predicted molar refractivity (Wildman–Crippen MR) is 139 cm³/mol. The van der Waals surface area contributed by atoms with E-state index in [4.69, 9.17) is 26.2 Å². The Bertz CT molecular complexity index is 762. The SMILES string of the molecule is CC(C)(c1ccc(OC[C@@H](O)CO)cc1)c1ccc(OC[C@H](O)CCl)c(I)c1.S.S. The van der Waals surface area contributed by atoms with Gasteiger partial charge in [-0.15, -0.1) is 11.6 Å². The fourth-order valence-electron chi connectivity index (χ4n) is 2.62. The van der Waals surface area contributed by atoms with Crippen LogP contribution in [-0.4, -0.2) is 53.2 Å². The molecule has 0 radical (unpaired) electrons. The highest BCUT2D eigenvalue weighted by molar-refractivity contribution is 14.1. The van der Waals surface area contributed by atoms with Crippen molar-refractivity contribution in [3.63, 3.8) is 0 Å². The number of halogens is 2. The number of hydrogen-bond acceptors (Lipinski definition) is 5. The fraction of sp³-hybridized carbons (Fsp3) is 0.429. The smallest absolute Gasteiger partial charge is 0.132 e. The first-order chi connectivity index (χ1) is 13.3. The maximum absolute atomic E-state index is 9.55. The second kappa shape index (κ2) is 13.9. The Morgan fingerprint density at radius 2 is 1.50 bits per heavy atom. The molecule has 2 aromatic carbocycles. The van der Waals surface area contributed by atoms with E-state index in [1.807, 2.05) is 36.4 Å². The summed E-state index contributed by atoms with van der Waals surface area (Å²) >= 11 is 7.83. The summed E-state index contributed by atoms with van der Waals surface area (Å²) in [5.74, 6) is 1.50. The summed E-state index contributed by atoms with van der Waals surface area (Å²) in [5, 5.41) is 27.8. The molecule has 0 unspecified atom stereocenters. The van der Waals surface area contributed by atoms with Gasteiger partial charge in [0, 0.05) is 5.41 Å². The molecule has 0 saturated carbocycles. The summed E-state index contributed by atoms with van der Waals surface area (Å²) in [6.07, 6.45) is -1.57. The minimum Gasteiger partial charge on any atom is -0.491 e. The van der Waals surface area contributed by atoms with E-state index in [9.17, 15) is 10.2 Å². The molecule has 0 aliphatic rings. The van der Waals surface area contributed by atoms with Crippen molar-refractivity contribution in [3.8, 4) is 11.5 Å². The van der Waals surface area contributed by atoms with E-state index >= 15 is 0 Å². The molecule has 0 heterocycles. The first kappa shape index (κ1) is 29.6. The minimum absolute atomic E-state index is 0. The maximum Gasteiger partial charge on any atom is 0.132 e. The van der Waals surface area contributed by atoms with Crippen LogP contribution in [0.4, 0.5) is 0 Å². The molecule has 2 rings (SSSR count). The number of benzene rings is 2. The molecule has 3 N–H and O–H groups in total. The summed E-state index contributed by atoms with van der Waals surface area (Å²) in [7, 11) is 0.